The number of para-hydroxylation sites is 3. The number of fused-ring (bicyclic) bond motifs is 17. The summed E-state index contributed by atoms with van der Waals surface area (Å²) in [5, 5.41) is 7.37. The monoisotopic (exact) mass is 807 g/mol. The Morgan fingerprint density at radius 2 is 1.27 bits per heavy atom. The predicted molar refractivity (Wildman–Crippen MR) is 259 cm³/mol. The summed E-state index contributed by atoms with van der Waals surface area (Å²) in [7, 11) is 0. The molecule has 2 aromatic heterocycles. The number of benzene rings is 8. The van der Waals surface area contributed by atoms with Crippen LogP contribution in [0.1, 0.15) is 75.8 Å². The van der Waals surface area contributed by atoms with Crippen LogP contribution in [0.25, 0.3) is 72.3 Å². The number of nitrogens with one attached hydrogen (secondary N) is 1. The van der Waals surface area contributed by atoms with E-state index in [0.29, 0.717) is 5.92 Å². The second-order valence-electron chi connectivity index (χ2n) is 17.9. The van der Waals surface area contributed by atoms with Crippen molar-refractivity contribution in [2.24, 2.45) is 4.99 Å². The molecule has 0 fully saturated rings. The number of nitrogens with zero attached hydrogens (tertiary/aromatic N) is 2. The fourth-order valence-electron chi connectivity index (χ4n) is 11.9. The van der Waals surface area contributed by atoms with Crippen LogP contribution >= 0.6 is 0 Å². The Balaban J connectivity index is 0.943. The molecule has 3 unspecified atom stereocenters. The van der Waals surface area contributed by atoms with E-state index in [4.69, 9.17) is 9.41 Å². The second kappa shape index (κ2) is 12.7. The average molecular weight is 808 g/mol. The molecular weight excluding hydrogens is 767 g/mol. The van der Waals surface area contributed by atoms with E-state index in [1.807, 2.05) is 12.1 Å². The van der Waals surface area contributed by atoms with Gasteiger partial charge in [-0.25, -0.2) is 4.99 Å². The van der Waals surface area contributed by atoms with Gasteiger partial charge < -0.3 is 14.3 Å². The molecule has 1 N–H and O–H groups in total. The Kier molecular flexibility index (Phi) is 7.04. The first-order chi connectivity index (χ1) is 31.1. The zero-order valence-electron chi connectivity index (χ0n) is 35.0. The zero-order chi connectivity index (χ0) is 41.6. The molecule has 298 valence electrons. The summed E-state index contributed by atoms with van der Waals surface area (Å²) in [5.41, 5.74) is 23.7. The smallest absolute Gasteiger partial charge is 0.201 e. The molecule has 63 heavy (non-hydrogen) atoms. The lowest BCUT2D eigenvalue weighted by atomic mass is 9.70. The van der Waals surface area contributed by atoms with Gasteiger partial charge in [-0.3, -0.25) is 0 Å². The quantitative estimate of drug-likeness (QED) is 0.193. The summed E-state index contributed by atoms with van der Waals surface area (Å²) in [6.07, 6.45) is 5.26. The summed E-state index contributed by atoms with van der Waals surface area (Å²) in [5.74, 6) is 0.352. The third-order valence-electron chi connectivity index (χ3n) is 14.5. The first-order valence-electron chi connectivity index (χ1n) is 22.2. The molecule has 3 aliphatic carbocycles. The van der Waals surface area contributed by atoms with Gasteiger partial charge in [-0.15, -0.1) is 0 Å². The van der Waals surface area contributed by atoms with Crippen LogP contribution in [0, 0.1) is 6.92 Å². The molecule has 4 aliphatic rings. The molecule has 8 aromatic carbocycles. The molecule has 0 bridgehead atoms. The first kappa shape index (κ1) is 35.0. The van der Waals surface area contributed by atoms with Crippen molar-refractivity contribution in [2.75, 3.05) is 5.32 Å². The predicted octanol–water partition coefficient (Wildman–Crippen LogP) is 14.8. The van der Waals surface area contributed by atoms with Gasteiger partial charge >= 0.3 is 0 Å². The Hall–Kier alpha value is -7.69. The molecule has 1 spiro atoms. The van der Waals surface area contributed by atoms with Crippen LogP contribution in [0.4, 0.5) is 5.69 Å². The Bertz CT molecular complexity index is 3690. The summed E-state index contributed by atoms with van der Waals surface area (Å²) < 4.78 is 9.02. The number of hydrogen-bond donors (Lipinski definition) is 1. The summed E-state index contributed by atoms with van der Waals surface area (Å²) in [6.45, 7) is 4.59. The molecule has 3 atom stereocenters. The van der Waals surface area contributed by atoms with E-state index in [0.717, 1.165) is 50.9 Å². The first-order valence-corrected chi connectivity index (χ1v) is 22.2. The number of anilines is 1. The molecular formula is C59H41N3O. The van der Waals surface area contributed by atoms with Crippen LogP contribution in [-0.4, -0.2) is 10.3 Å². The molecule has 10 aromatic rings. The molecule has 1 aliphatic heterocycles. The molecule has 4 heteroatoms. The number of aliphatic imine (C=N–C) groups is 1. The fourth-order valence-corrected chi connectivity index (χ4v) is 11.9. The Morgan fingerprint density at radius 3 is 2.14 bits per heavy atom. The van der Waals surface area contributed by atoms with Gasteiger partial charge in [0.15, 0.2) is 0 Å². The third kappa shape index (κ3) is 4.62. The van der Waals surface area contributed by atoms with Crippen molar-refractivity contribution < 1.29 is 4.42 Å². The largest absolute Gasteiger partial charge is 0.455 e. The van der Waals surface area contributed by atoms with Gasteiger partial charge in [0.1, 0.15) is 11.2 Å². The average Bonchev–Trinajstić information content (AvgIpc) is 4.05. The number of hydrogen-bond acceptors (Lipinski definition) is 3. The minimum Gasteiger partial charge on any atom is -0.455 e. The molecule has 0 saturated heterocycles. The maximum absolute atomic E-state index is 6.60. The highest BCUT2D eigenvalue weighted by Gasteiger charge is 2.51. The normalized spacial score (nSPS) is 18.8. The van der Waals surface area contributed by atoms with Gasteiger partial charge in [-0.05, 0) is 123 Å². The standard InChI is InChI=1S/C59H41N3O/c1-34-25-28-40-38-14-3-7-20-47(38)59(50(40)31-34)48-21-8-4-15-39(48)45-32-36(26-29-49(45)59)37-27-30-52-46(33-37)55-35(2)13-11-23-53(55)62(52)58-60-51-22-9-5-17-43(51)56(61-58)44-19-12-18-42-41-16-6-10-24-54(41)63-57(42)44/h3-12,14-33,35,58,60H,13H2,1-2H3. The van der Waals surface area contributed by atoms with Gasteiger partial charge in [0, 0.05) is 38.7 Å². The van der Waals surface area contributed by atoms with Gasteiger partial charge in [0.05, 0.1) is 16.6 Å². The number of aryl methyl sites for hydroxylation is 1. The Labute approximate surface area is 365 Å². The second-order valence-corrected chi connectivity index (χ2v) is 17.9. The summed E-state index contributed by atoms with van der Waals surface area (Å²) in [4.78, 5) is 5.63. The number of furan rings is 1. The van der Waals surface area contributed by atoms with Crippen molar-refractivity contribution in [3.63, 3.8) is 0 Å². The molecule has 0 amide bonds. The highest BCUT2D eigenvalue weighted by Crippen LogP contribution is 2.63. The maximum Gasteiger partial charge on any atom is 0.201 e. The highest BCUT2D eigenvalue weighted by molar-refractivity contribution is 6.23. The topological polar surface area (TPSA) is 42.5 Å². The van der Waals surface area contributed by atoms with E-state index >= 15 is 0 Å². The molecule has 4 nitrogen and oxygen atoms in total. The van der Waals surface area contributed by atoms with E-state index in [-0.39, 0.29) is 11.7 Å². The van der Waals surface area contributed by atoms with Crippen molar-refractivity contribution in [3.05, 3.63) is 226 Å². The zero-order valence-corrected chi connectivity index (χ0v) is 35.0. The molecule has 14 rings (SSSR count). The van der Waals surface area contributed by atoms with E-state index < -0.39 is 0 Å². The van der Waals surface area contributed by atoms with E-state index in [9.17, 15) is 0 Å². The number of aromatic nitrogens is 1. The van der Waals surface area contributed by atoms with Crippen LogP contribution in [0.15, 0.2) is 185 Å². The van der Waals surface area contributed by atoms with Crippen LogP contribution in [0.3, 0.4) is 0 Å². The SMILES string of the molecule is Cc1ccc2c(c1)C1(c3ccccc3-c3cc(-c4ccc5c(c4)c4c(n5C5N=C(c6cccc7c6oc6ccccc67)c6ccccc6N5)C=CCC4C)ccc31)c1ccccc1-2. The minimum absolute atomic E-state index is 0.352. The molecule has 3 heterocycles. The maximum atomic E-state index is 6.60. The van der Waals surface area contributed by atoms with Crippen LogP contribution in [0.5, 0.6) is 0 Å². The molecule has 0 saturated carbocycles. The Morgan fingerprint density at radius 1 is 0.587 bits per heavy atom. The lowest BCUT2D eigenvalue weighted by Crippen LogP contribution is -2.26. The highest BCUT2D eigenvalue weighted by atomic mass is 16.3. The van der Waals surface area contributed by atoms with Crippen LogP contribution in [0.2, 0.25) is 0 Å². The lowest BCUT2D eigenvalue weighted by Gasteiger charge is -2.30. The summed E-state index contributed by atoms with van der Waals surface area (Å²) in [6, 6.07) is 62.8. The van der Waals surface area contributed by atoms with Crippen LogP contribution in [-0.2, 0) is 5.41 Å². The molecule has 0 radical (unpaired) electrons. The van der Waals surface area contributed by atoms with Crippen molar-refractivity contribution >= 4 is 50.3 Å². The van der Waals surface area contributed by atoms with E-state index in [1.54, 1.807) is 0 Å². The van der Waals surface area contributed by atoms with E-state index in [1.165, 1.54) is 83.4 Å². The third-order valence-corrected chi connectivity index (χ3v) is 14.5. The van der Waals surface area contributed by atoms with Gasteiger partial charge in [-0.1, -0.05) is 152 Å². The fraction of sp³-hybridized carbons (Fsp3) is 0.102. The van der Waals surface area contributed by atoms with Crippen molar-refractivity contribution in [1.29, 1.82) is 0 Å². The lowest BCUT2D eigenvalue weighted by molar-refractivity contribution is 0.595. The van der Waals surface area contributed by atoms with Crippen molar-refractivity contribution in [2.45, 2.75) is 37.9 Å². The van der Waals surface area contributed by atoms with Gasteiger partial charge in [0.25, 0.3) is 0 Å². The van der Waals surface area contributed by atoms with Crippen LogP contribution < -0.4 is 5.32 Å². The van der Waals surface area contributed by atoms with Gasteiger partial charge in [-0.2, -0.15) is 0 Å². The number of allylic oxidation sites excluding steroid dienone is 1. The van der Waals surface area contributed by atoms with Crippen molar-refractivity contribution in [3.8, 4) is 33.4 Å². The minimum atomic E-state index is -0.380. The number of rotatable bonds is 3. The van der Waals surface area contributed by atoms with E-state index in [2.05, 4.69) is 194 Å². The summed E-state index contributed by atoms with van der Waals surface area (Å²) >= 11 is 0. The van der Waals surface area contributed by atoms with Crippen molar-refractivity contribution in [1.82, 2.24) is 4.57 Å². The van der Waals surface area contributed by atoms with Gasteiger partial charge in [0.2, 0.25) is 6.29 Å².